The summed E-state index contributed by atoms with van der Waals surface area (Å²) in [4.78, 5) is 0.371. The van der Waals surface area contributed by atoms with Crippen molar-refractivity contribution in [3.63, 3.8) is 0 Å². The maximum Gasteiger partial charge on any atom is 0.120 e. The van der Waals surface area contributed by atoms with Gasteiger partial charge in [0, 0.05) is 30.5 Å². The molecule has 3 N–H and O–H groups in total. The maximum atomic E-state index is 5.71. The molecule has 1 rings (SSSR count). The lowest BCUT2D eigenvalue weighted by atomic mass is 10.1. The first-order valence-corrected chi connectivity index (χ1v) is 7.25. The van der Waals surface area contributed by atoms with Gasteiger partial charge in [-0.25, -0.2) is 0 Å². The molecular formula is C15H24N2O2S. The third-order valence-electron chi connectivity index (χ3n) is 2.89. The lowest BCUT2D eigenvalue weighted by Gasteiger charge is -2.13. The largest absolute Gasteiger partial charge is 0.497 e. The summed E-state index contributed by atoms with van der Waals surface area (Å²) in [5.74, 6) is 1.44. The minimum Gasteiger partial charge on any atom is -0.497 e. The minimum absolute atomic E-state index is 0.371. The molecule has 4 nitrogen and oxygen atoms in total. The smallest absolute Gasteiger partial charge is 0.120 e. The van der Waals surface area contributed by atoms with Gasteiger partial charge < -0.3 is 20.5 Å². The summed E-state index contributed by atoms with van der Waals surface area (Å²) < 4.78 is 10.8. The third-order valence-corrected chi connectivity index (χ3v) is 3.11. The highest BCUT2D eigenvalue weighted by atomic mass is 32.1. The maximum absolute atomic E-state index is 5.71. The first-order chi connectivity index (χ1) is 9.54. The normalized spacial score (nSPS) is 10.6. The molecule has 0 amide bonds. The fourth-order valence-electron chi connectivity index (χ4n) is 1.69. The van der Waals surface area contributed by atoms with Crippen LogP contribution in [0.3, 0.4) is 0 Å². The Bertz CT molecular complexity index is 436. The number of ether oxygens (including phenoxy) is 2. The Balaban J connectivity index is 2.47. The quantitative estimate of drug-likeness (QED) is 0.542. The number of rotatable bonds is 9. The third kappa shape index (κ3) is 5.75. The summed E-state index contributed by atoms with van der Waals surface area (Å²) in [6.45, 7) is 6.53. The van der Waals surface area contributed by atoms with Crippen molar-refractivity contribution in [2.45, 2.75) is 20.3 Å². The van der Waals surface area contributed by atoms with Gasteiger partial charge in [-0.1, -0.05) is 26.1 Å². The molecule has 1 aromatic carbocycles. The fraction of sp³-hybridized carbons (Fsp3) is 0.533. The first-order valence-electron chi connectivity index (χ1n) is 6.84. The van der Waals surface area contributed by atoms with Crippen molar-refractivity contribution in [2.24, 2.45) is 11.7 Å². The van der Waals surface area contributed by atoms with Crippen molar-refractivity contribution in [1.82, 2.24) is 0 Å². The Morgan fingerprint density at radius 2 is 2.10 bits per heavy atom. The van der Waals surface area contributed by atoms with E-state index in [1.165, 1.54) is 0 Å². The van der Waals surface area contributed by atoms with Gasteiger partial charge in [0.25, 0.3) is 0 Å². The highest BCUT2D eigenvalue weighted by Gasteiger charge is 2.06. The molecule has 0 unspecified atom stereocenters. The molecule has 0 aliphatic heterocycles. The molecule has 0 spiro atoms. The van der Waals surface area contributed by atoms with Crippen LogP contribution in [0.15, 0.2) is 18.2 Å². The van der Waals surface area contributed by atoms with E-state index in [0.29, 0.717) is 24.1 Å². The number of methoxy groups -OCH3 is 1. The molecular weight excluding hydrogens is 272 g/mol. The molecule has 0 atom stereocenters. The van der Waals surface area contributed by atoms with Gasteiger partial charge in [-0.15, -0.1) is 0 Å². The van der Waals surface area contributed by atoms with E-state index in [1.54, 1.807) is 7.11 Å². The Kier molecular flexibility index (Phi) is 7.33. The molecule has 1 aromatic rings. The van der Waals surface area contributed by atoms with E-state index < -0.39 is 0 Å². The van der Waals surface area contributed by atoms with Crippen molar-refractivity contribution >= 4 is 22.9 Å². The SMILES string of the molecule is COc1ccc(C(N)=S)c(NCCOCCC(C)C)c1. The average Bonchev–Trinajstić information content (AvgIpc) is 2.41. The molecule has 112 valence electrons. The van der Waals surface area contributed by atoms with Crippen molar-refractivity contribution in [1.29, 1.82) is 0 Å². The Hall–Kier alpha value is -1.33. The number of thiocarbonyl (C=S) groups is 1. The summed E-state index contributed by atoms with van der Waals surface area (Å²) >= 11 is 5.04. The van der Waals surface area contributed by atoms with Gasteiger partial charge in [0.1, 0.15) is 10.7 Å². The van der Waals surface area contributed by atoms with Gasteiger partial charge in [0.05, 0.1) is 13.7 Å². The monoisotopic (exact) mass is 296 g/mol. The van der Waals surface area contributed by atoms with Crippen LogP contribution in [0.25, 0.3) is 0 Å². The van der Waals surface area contributed by atoms with E-state index in [4.69, 9.17) is 27.4 Å². The number of anilines is 1. The van der Waals surface area contributed by atoms with E-state index in [2.05, 4.69) is 19.2 Å². The second kappa shape index (κ2) is 8.76. The molecule has 0 heterocycles. The highest BCUT2D eigenvalue weighted by Crippen LogP contribution is 2.22. The molecule has 0 fully saturated rings. The average molecular weight is 296 g/mol. The summed E-state index contributed by atoms with van der Waals surface area (Å²) in [5, 5.41) is 3.28. The second-order valence-corrected chi connectivity index (χ2v) is 5.44. The molecule has 0 bridgehead atoms. The summed E-state index contributed by atoms with van der Waals surface area (Å²) in [5.41, 5.74) is 7.41. The van der Waals surface area contributed by atoms with Crippen molar-refractivity contribution < 1.29 is 9.47 Å². The molecule has 0 saturated heterocycles. The van der Waals surface area contributed by atoms with Crippen LogP contribution in [-0.2, 0) is 4.74 Å². The van der Waals surface area contributed by atoms with Gasteiger partial charge in [-0.3, -0.25) is 0 Å². The molecule has 0 saturated carbocycles. The summed E-state index contributed by atoms with van der Waals surface area (Å²) in [6, 6.07) is 5.60. The fourth-order valence-corrected chi connectivity index (χ4v) is 1.87. The molecule has 0 aliphatic rings. The second-order valence-electron chi connectivity index (χ2n) is 5.00. The van der Waals surface area contributed by atoms with E-state index in [-0.39, 0.29) is 0 Å². The van der Waals surface area contributed by atoms with Gasteiger partial charge in [-0.05, 0) is 24.5 Å². The van der Waals surface area contributed by atoms with Gasteiger partial charge in [-0.2, -0.15) is 0 Å². The van der Waals surface area contributed by atoms with Crippen LogP contribution in [0.1, 0.15) is 25.8 Å². The predicted molar refractivity (Wildman–Crippen MR) is 87.6 cm³/mol. The zero-order valence-electron chi connectivity index (χ0n) is 12.4. The number of hydrogen-bond donors (Lipinski definition) is 2. The Morgan fingerprint density at radius 1 is 1.35 bits per heavy atom. The van der Waals surface area contributed by atoms with Crippen LogP contribution in [0, 0.1) is 5.92 Å². The number of nitrogens with one attached hydrogen (secondary N) is 1. The van der Waals surface area contributed by atoms with Crippen molar-refractivity contribution in [2.75, 3.05) is 32.2 Å². The minimum atomic E-state index is 0.371. The van der Waals surface area contributed by atoms with Gasteiger partial charge >= 0.3 is 0 Å². The van der Waals surface area contributed by atoms with Crippen LogP contribution >= 0.6 is 12.2 Å². The summed E-state index contributed by atoms with van der Waals surface area (Å²) in [7, 11) is 1.63. The van der Waals surface area contributed by atoms with Crippen LogP contribution in [0.4, 0.5) is 5.69 Å². The molecule has 0 aliphatic carbocycles. The summed E-state index contributed by atoms with van der Waals surface area (Å²) in [6.07, 6.45) is 1.08. The van der Waals surface area contributed by atoms with Crippen molar-refractivity contribution in [3.05, 3.63) is 23.8 Å². The van der Waals surface area contributed by atoms with Crippen LogP contribution in [-0.4, -0.2) is 31.9 Å². The zero-order valence-corrected chi connectivity index (χ0v) is 13.3. The standard InChI is InChI=1S/C15H24N2O2S/c1-11(2)6-8-19-9-7-17-14-10-12(18-3)4-5-13(14)15(16)20/h4-5,10-11,17H,6-9H2,1-3H3,(H2,16,20). The molecule has 0 radical (unpaired) electrons. The lowest BCUT2D eigenvalue weighted by Crippen LogP contribution is -2.16. The highest BCUT2D eigenvalue weighted by molar-refractivity contribution is 7.80. The topological polar surface area (TPSA) is 56.5 Å². The Morgan fingerprint density at radius 3 is 2.70 bits per heavy atom. The number of nitrogens with two attached hydrogens (primary N) is 1. The number of hydrogen-bond acceptors (Lipinski definition) is 4. The van der Waals surface area contributed by atoms with E-state index in [9.17, 15) is 0 Å². The predicted octanol–water partition coefficient (Wildman–Crippen LogP) is 2.80. The first kappa shape index (κ1) is 16.7. The molecule has 20 heavy (non-hydrogen) atoms. The number of benzene rings is 1. The van der Waals surface area contributed by atoms with Crippen LogP contribution in [0.5, 0.6) is 5.75 Å². The lowest BCUT2D eigenvalue weighted by molar-refractivity contribution is 0.132. The zero-order chi connectivity index (χ0) is 15.0. The van der Waals surface area contributed by atoms with E-state index in [1.807, 2.05) is 18.2 Å². The molecule has 5 heteroatoms. The van der Waals surface area contributed by atoms with Crippen molar-refractivity contribution in [3.8, 4) is 5.75 Å². The van der Waals surface area contributed by atoms with Crippen LogP contribution < -0.4 is 15.8 Å². The van der Waals surface area contributed by atoms with E-state index >= 15 is 0 Å². The van der Waals surface area contributed by atoms with Gasteiger partial charge in [0.2, 0.25) is 0 Å². The molecule has 0 aromatic heterocycles. The van der Waals surface area contributed by atoms with Gasteiger partial charge in [0.15, 0.2) is 0 Å². The Labute approximate surface area is 126 Å². The van der Waals surface area contributed by atoms with E-state index in [0.717, 1.165) is 30.0 Å². The van der Waals surface area contributed by atoms with Crippen LogP contribution in [0.2, 0.25) is 0 Å².